The molecule has 10 aromatic carbocycles. The molecule has 14 aromatic rings. The van der Waals surface area contributed by atoms with Crippen molar-refractivity contribution in [2.45, 2.75) is 0 Å². The highest BCUT2D eigenvalue weighted by atomic mass is 16.3. The zero-order valence-electron chi connectivity index (χ0n) is 35.6. The standard InChI is InChI=1S/C61H38N4O/c1-3-15-40(16-4-1)64-53-24-12-8-19-45(53)51-37-43(32-35-55(51)64)63(44-31-33-47-46-20-10-14-26-57(46)66-58(47)38-44)42-29-27-39(28-30-42)61-50-34-36-56-60(59(50)48-21-7-11-23-52(48)62-61)49-22-9-13-25-54(49)65(56)41-17-5-2-6-18-41/h1-38H. The highest BCUT2D eigenvalue weighted by Crippen LogP contribution is 2.45. The molecule has 0 amide bonds. The summed E-state index contributed by atoms with van der Waals surface area (Å²) in [5.74, 6) is 0. The maximum atomic E-state index is 6.49. The van der Waals surface area contributed by atoms with Gasteiger partial charge in [-0.15, -0.1) is 0 Å². The molecular formula is C61H38N4O. The molecule has 0 unspecified atom stereocenters. The van der Waals surface area contributed by atoms with Crippen LogP contribution in [0.5, 0.6) is 0 Å². The molecule has 0 saturated heterocycles. The van der Waals surface area contributed by atoms with Crippen LogP contribution in [0.4, 0.5) is 17.1 Å². The summed E-state index contributed by atoms with van der Waals surface area (Å²) in [5.41, 5.74) is 14.8. The van der Waals surface area contributed by atoms with Crippen molar-refractivity contribution in [2.24, 2.45) is 0 Å². The second-order valence-corrected chi connectivity index (χ2v) is 17.1. The van der Waals surface area contributed by atoms with Crippen LogP contribution in [0.3, 0.4) is 0 Å². The number of aromatic nitrogens is 3. The Balaban J connectivity index is 0.971. The minimum Gasteiger partial charge on any atom is -0.456 e. The van der Waals surface area contributed by atoms with Gasteiger partial charge in [-0.05, 0) is 97.1 Å². The van der Waals surface area contributed by atoms with Gasteiger partial charge in [-0.1, -0.05) is 127 Å². The van der Waals surface area contributed by atoms with Crippen molar-refractivity contribution in [1.82, 2.24) is 14.1 Å². The zero-order chi connectivity index (χ0) is 43.3. The lowest BCUT2D eigenvalue weighted by atomic mass is 9.96. The number of furan rings is 1. The van der Waals surface area contributed by atoms with E-state index in [-0.39, 0.29) is 0 Å². The van der Waals surface area contributed by atoms with Crippen LogP contribution in [0.1, 0.15) is 0 Å². The van der Waals surface area contributed by atoms with Crippen LogP contribution in [-0.2, 0) is 0 Å². The molecule has 0 N–H and O–H groups in total. The number of fused-ring (bicyclic) bond motifs is 13. The van der Waals surface area contributed by atoms with E-state index in [1.54, 1.807) is 0 Å². The summed E-state index contributed by atoms with van der Waals surface area (Å²) >= 11 is 0. The number of anilines is 3. The van der Waals surface area contributed by atoms with Gasteiger partial charge >= 0.3 is 0 Å². The third-order valence-corrected chi connectivity index (χ3v) is 13.5. The Morgan fingerprint density at radius 1 is 0.333 bits per heavy atom. The molecule has 5 heteroatoms. The molecule has 0 bridgehead atoms. The Morgan fingerprint density at radius 2 is 0.864 bits per heavy atom. The summed E-state index contributed by atoms with van der Waals surface area (Å²) < 4.78 is 11.2. The normalized spacial score (nSPS) is 11.9. The highest BCUT2D eigenvalue weighted by molar-refractivity contribution is 6.29. The lowest BCUT2D eigenvalue weighted by Crippen LogP contribution is -2.10. The molecule has 66 heavy (non-hydrogen) atoms. The van der Waals surface area contributed by atoms with Crippen LogP contribution in [-0.4, -0.2) is 14.1 Å². The van der Waals surface area contributed by atoms with Gasteiger partial charge in [0.2, 0.25) is 0 Å². The van der Waals surface area contributed by atoms with Crippen LogP contribution in [0.25, 0.3) is 110 Å². The average molecular weight is 843 g/mol. The number of rotatable bonds is 6. The fourth-order valence-corrected chi connectivity index (χ4v) is 10.6. The third kappa shape index (κ3) is 5.44. The molecule has 0 spiro atoms. The van der Waals surface area contributed by atoms with Crippen LogP contribution in [0, 0.1) is 0 Å². The van der Waals surface area contributed by atoms with Gasteiger partial charge in [-0.2, -0.15) is 0 Å². The fourth-order valence-electron chi connectivity index (χ4n) is 10.6. The van der Waals surface area contributed by atoms with Crippen molar-refractivity contribution in [3.05, 3.63) is 231 Å². The molecule has 4 aromatic heterocycles. The SMILES string of the molecule is c1ccc(-n2c3ccccc3c3cc(N(c4ccc(-c5nc6ccccc6c6c5ccc5c6c6ccccc6n5-c5ccccc5)cc4)c4ccc5c(c4)oc4ccccc45)ccc32)cc1. The van der Waals surface area contributed by atoms with Gasteiger partial charge in [0.25, 0.3) is 0 Å². The predicted octanol–water partition coefficient (Wildman–Crippen LogP) is 16.6. The summed E-state index contributed by atoms with van der Waals surface area (Å²) in [5, 5.41) is 10.5. The molecular weight excluding hydrogens is 805 g/mol. The van der Waals surface area contributed by atoms with E-state index in [9.17, 15) is 0 Å². The molecule has 5 nitrogen and oxygen atoms in total. The molecule has 4 heterocycles. The smallest absolute Gasteiger partial charge is 0.137 e. The topological polar surface area (TPSA) is 39.1 Å². The van der Waals surface area contributed by atoms with Gasteiger partial charge in [-0.3, -0.25) is 0 Å². The maximum absolute atomic E-state index is 6.49. The molecule has 308 valence electrons. The monoisotopic (exact) mass is 842 g/mol. The summed E-state index contributed by atoms with van der Waals surface area (Å²) in [6, 6.07) is 82.5. The molecule has 0 saturated carbocycles. The number of benzene rings is 10. The zero-order valence-corrected chi connectivity index (χ0v) is 35.6. The molecule has 0 aliphatic carbocycles. The minimum absolute atomic E-state index is 0.851. The third-order valence-electron chi connectivity index (χ3n) is 13.5. The first kappa shape index (κ1) is 36.5. The van der Waals surface area contributed by atoms with E-state index < -0.39 is 0 Å². The summed E-state index contributed by atoms with van der Waals surface area (Å²) in [7, 11) is 0. The van der Waals surface area contributed by atoms with E-state index in [0.29, 0.717) is 0 Å². The number of para-hydroxylation sites is 6. The molecule has 14 rings (SSSR count). The Hall–Kier alpha value is -8.93. The van der Waals surface area contributed by atoms with Crippen LogP contribution in [0.2, 0.25) is 0 Å². The average Bonchev–Trinajstić information content (AvgIpc) is 4.04. The van der Waals surface area contributed by atoms with E-state index in [0.717, 1.165) is 83.4 Å². The van der Waals surface area contributed by atoms with Crippen molar-refractivity contribution in [1.29, 1.82) is 0 Å². The van der Waals surface area contributed by atoms with Gasteiger partial charge in [-0.25, -0.2) is 4.98 Å². The summed E-state index contributed by atoms with van der Waals surface area (Å²) in [6.45, 7) is 0. The van der Waals surface area contributed by atoms with Gasteiger partial charge in [0.15, 0.2) is 0 Å². The first-order valence-corrected chi connectivity index (χ1v) is 22.5. The van der Waals surface area contributed by atoms with Crippen LogP contribution >= 0.6 is 0 Å². The Kier molecular flexibility index (Phi) is 7.91. The lowest BCUT2D eigenvalue weighted by Gasteiger charge is -2.26. The van der Waals surface area contributed by atoms with Crippen molar-refractivity contribution < 1.29 is 4.42 Å². The van der Waals surface area contributed by atoms with E-state index >= 15 is 0 Å². The van der Waals surface area contributed by atoms with E-state index in [4.69, 9.17) is 9.40 Å². The van der Waals surface area contributed by atoms with E-state index in [1.807, 2.05) is 12.1 Å². The second-order valence-electron chi connectivity index (χ2n) is 17.1. The number of hydrogen-bond donors (Lipinski definition) is 0. The highest BCUT2D eigenvalue weighted by Gasteiger charge is 2.22. The van der Waals surface area contributed by atoms with Crippen LogP contribution < -0.4 is 4.90 Å². The van der Waals surface area contributed by atoms with E-state index in [1.165, 1.54) is 43.5 Å². The Bertz CT molecular complexity index is 4220. The van der Waals surface area contributed by atoms with Gasteiger partial charge < -0.3 is 18.5 Å². The maximum Gasteiger partial charge on any atom is 0.137 e. The van der Waals surface area contributed by atoms with Crippen molar-refractivity contribution in [2.75, 3.05) is 4.90 Å². The van der Waals surface area contributed by atoms with Crippen molar-refractivity contribution in [3.63, 3.8) is 0 Å². The Labute approximate surface area is 379 Å². The fraction of sp³-hybridized carbons (Fsp3) is 0. The minimum atomic E-state index is 0.851. The molecule has 0 fully saturated rings. The summed E-state index contributed by atoms with van der Waals surface area (Å²) in [6.07, 6.45) is 0. The van der Waals surface area contributed by atoms with Gasteiger partial charge in [0.1, 0.15) is 11.2 Å². The van der Waals surface area contributed by atoms with E-state index in [2.05, 4.69) is 232 Å². The molecule has 0 radical (unpaired) electrons. The predicted molar refractivity (Wildman–Crippen MR) is 275 cm³/mol. The first-order chi connectivity index (χ1) is 32.7. The molecule has 0 aliphatic heterocycles. The van der Waals surface area contributed by atoms with Crippen molar-refractivity contribution in [3.8, 4) is 22.6 Å². The largest absolute Gasteiger partial charge is 0.456 e. The summed E-state index contributed by atoms with van der Waals surface area (Å²) in [4.78, 5) is 7.77. The quantitative estimate of drug-likeness (QED) is 0.157. The van der Waals surface area contributed by atoms with Gasteiger partial charge in [0, 0.05) is 88.5 Å². The first-order valence-electron chi connectivity index (χ1n) is 22.5. The van der Waals surface area contributed by atoms with Crippen molar-refractivity contribution >= 4 is 104 Å². The van der Waals surface area contributed by atoms with Crippen LogP contribution in [0.15, 0.2) is 235 Å². The second kappa shape index (κ2) is 14.3. The Morgan fingerprint density at radius 3 is 1.64 bits per heavy atom. The number of hydrogen-bond acceptors (Lipinski definition) is 3. The van der Waals surface area contributed by atoms with Gasteiger partial charge in [0.05, 0.1) is 33.3 Å². The number of pyridine rings is 1. The number of nitrogens with zero attached hydrogens (tertiary/aromatic N) is 4. The molecule has 0 aliphatic rings. The lowest BCUT2D eigenvalue weighted by molar-refractivity contribution is 0.669. The molecule has 0 atom stereocenters.